The summed E-state index contributed by atoms with van der Waals surface area (Å²) >= 11 is 22.4. The number of carbonyl (C=O) groups excluding carboxylic acids is 2. The van der Waals surface area contributed by atoms with E-state index in [2.05, 4.69) is 10.1 Å². The lowest BCUT2D eigenvalue weighted by Gasteiger charge is -2.18. The van der Waals surface area contributed by atoms with Crippen molar-refractivity contribution in [2.24, 2.45) is 0 Å². The van der Waals surface area contributed by atoms with Crippen LogP contribution in [0.2, 0.25) is 5.02 Å². The van der Waals surface area contributed by atoms with Crippen LogP contribution in [0, 0.1) is 0 Å². The van der Waals surface area contributed by atoms with Crippen molar-refractivity contribution in [2.75, 3.05) is 13.7 Å². The Labute approximate surface area is 141 Å². The van der Waals surface area contributed by atoms with Gasteiger partial charge in [-0.2, -0.15) is 0 Å². The maximum absolute atomic E-state index is 11.8. The molecule has 5 nitrogen and oxygen atoms in total. The van der Waals surface area contributed by atoms with E-state index in [1.165, 1.54) is 7.11 Å². The van der Waals surface area contributed by atoms with Gasteiger partial charge in [-0.3, -0.25) is 0 Å². The molecular weight excluding hydrogens is 364 g/mol. The molecule has 1 aromatic rings. The first-order valence-electron chi connectivity index (χ1n) is 5.57. The molecule has 21 heavy (non-hydrogen) atoms. The molecule has 0 aromatic heterocycles. The summed E-state index contributed by atoms with van der Waals surface area (Å²) in [4.78, 5) is 23.4. The first-order valence-corrected chi connectivity index (χ1v) is 7.08. The van der Waals surface area contributed by atoms with Crippen molar-refractivity contribution in [3.05, 3.63) is 34.9 Å². The monoisotopic (exact) mass is 373 g/mol. The number of rotatable bonds is 4. The van der Waals surface area contributed by atoms with Crippen LogP contribution in [0.5, 0.6) is 0 Å². The van der Waals surface area contributed by atoms with Gasteiger partial charge in [0, 0.05) is 10.6 Å². The molecular formula is C12H11Cl4NO4. The topological polar surface area (TPSA) is 64.6 Å². The van der Waals surface area contributed by atoms with E-state index in [1.54, 1.807) is 24.3 Å². The molecule has 0 fully saturated rings. The quantitative estimate of drug-likeness (QED) is 0.645. The summed E-state index contributed by atoms with van der Waals surface area (Å²) < 4.78 is 7.57. The van der Waals surface area contributed by atoms with Crippen LogP contribution in [0.1, 0.15) is 11.6 Å². The Morgan fingerprint density at radius 1 is 1.29 bits per heavy atom. The van der Waals surface area contributed by atoms with Gasteiger partial charge in [-0.1, -0.05) is 64.6 Å². The summed E-state index contributed by atoms with van der Waals surface area (Å²) in [7, 11) is 1.18. The van der Waals surface area contributed by atoms with Crippen LogP contribution in [-0.4, -0.2) is 29.6 Å². The summed E-state index contributed by atoms with van der Waals surface area (Å²) in [6.45, 7) is -0.472. The van der Waals surface area contributed by atoms with E-state index >= 15 is 0 Å². The zero-order chi connectivity index (χ0) is 16.0. The van der Waals surface area contributed by atoms with E-state index < -0.39 is 28.5 Å². The maximum Gasteiger partial charge on any atom is 0.408 e. The third kappa shape index (κ3) is 6.18. The Kier molecular flexibility index (Phi) is 6.87. The number of benzene rings is 1. The summed E-state index contributed by atoms with van der Waals surface area (Å²) in [5.41, 5.74) is 0.358. The number of halogens is 4. The zero-order valence-corrected chi connectivity index (χ0v) is 13.8. The van der Waals surface area contributed by atoms with Gasteiger partial charge in [0.15, 0.2) is 6.04 Å². The minimum absolute atomic E-state index is 0.287. The highest BCUT2D eigenvalue weighted by molar-refractivity contribution is 6.67. The molecule has 9 heteroatoms. The summed E-state index contributed by atoms with van der Waals surface area (Å²) in [6.07, 6.45) is -0.948. The van der Waals surface area contributed by atoms with Crippen molar-refractivity contribution in [3.8, 4) is 0 Å². The maximum atomic E-state index is 11.8. The van der Waals surface area contributed by atoms with E-state index in [4.69, 9.17) is 51.1 Å². The van der Waals surface area contributed by atoms with Gasteiger partial charge in [0.25, 0.3) is 0 Å². The second kappa shape index (κ2) is 7.94. The summed E-state index contributed by atoms with van der Waals surface area (Å²) in [5, 5.41) is 2.59. The minimum Gasteiger partial charge on any atom is -0.467 e. The molecule has 0 saturated heterocycles. The van der Waals surface area contributed by atoms with Crippen LogP contribution in [-0.2, 0) is 14.3 Å². The zero-order valence-electron chi connectivity index (χ0n) is 10.7. The molecule has 0 heterocycles. The fraction of sp³-hybridized carbons (Fsp3) is 0.333. The largest absolute Gasteiger partial charge is 0.467 e. The fourth-order valence-electron chi connectivity index (χ4n) is 1.40. The number of hydrogen-bond acceptors (Lipinski definition) is 4. The van der Waals surface area contributed by atoms with Crippen molar-refractivity contribution in [2.45, 2.75) is 9.83 Å². The first-order chi connectivity index (χ1) is 9.74. The lowest BCUT2D eigenvalue weighted by atomic mass is 10.1. The number of hydrogen-bond donors (Lipinski definition) is 1. The lowest BCUT2D eigenvalue weighted by Crippen LogP contribution is -2.36. The Bertz CT molecular complexity index is 518. The van der Waals surface area contributed by atoms with E-state index in [-0.39, 0.29) is 5.02 Å². The fourth-order valence-corrected chi connectivity index (χ4v) is 1.81. The summed E-state index contributed by atoms with van der Waals surface area (Å²) in [5.74, 6) is -0.714. The van der Waals surface area contributed by atoms with E-state index in [0.29, 0.717) is 5.56 Å². The number of alkyl halides is 3. The highest BCUT2D eigenvalue weighted by Gasteiger charge is 2.28. The normalized spacial score (nSPS) is 12.4. The van der Waals surface area contributed by atoms with Gasteiger partial charge < -0.3 is 14.8 Å². The molecule has 1 amide bonds. The van der Waals surface area contributed by atoms with Crippen molar-refractivity contribution in [1.82, 2.24) is 5.32 Å². The van der Waals surface area contributed by atoms with E-state index in [9.17, 15) is 9.59 Å². The number of esters is 1. The molecule has 1 aromatic carbocycles. The molecule has 1 unspecified atom stereocenters. The van der Waals surface area contributed by atoms with Crippen molar-refractivity contribution < 1.29 is 19.1 Å². The van der Waals surface area contributed by atoms with Gasteiger partial charge in [0.2, 0.25) is 3.79 Å². The van der Waals surface area contributed by atoms with Crippen molar-refractivity contribution in [1.29, 1.82) is 0 Å². The minimum atomic E-state index is -1.75. The van der Waals surface area contributed by atoms with Crippen molar-refractivity contribution >= 4 is 58.5 Å². The predicted molar refractivity (Wildman–Crippen MR) is 81.0 cm³/mol. The number of amides is 1. The average Bonchev–Trinajstić information content (AvgIpc) is 2.42. The highest BCUT2D eigenvalue weighted by atomic mass is 35.6. The standard InChI is InChI=1S/C12H11Cl4NO4/c1-20-10(18)9(7-4-2-3-5-8(7)13)17-11(19)21-6-12(14,15)16/h2-5,9H,6H2,1H3,(H,17,19). The first kappa shape index (κ1) is 18.2. The lowest BCUT2D eigenvalue weighted by molar-refractivity contribution is -0.143. The van der Waals surface area contributed by atoms with Crippen molar-refractivity contribution in [3.63, 3.8) is 0 Å². The van der Waals surface area contributed by atoms with Gasteiger partial charge in [-0.15, -0.1) is 0 Å². The van der Waals surface area contributed by atoms with Crippen LogP contribution in [0.15, 0.2) is 24.3 Å². The number of methoxy groups -OCH3 is 1. The van der Waals surface area contributed by atoms with E-state index in [1.807, 2.05) is 0 Å². The van der Waals surface area contributed by atoms with Crippen LogP contribution in [0.3, 0.4) is 0 Å². The average molecular weight is 375 g/mol. The third-order valence-corrected chi connectivity index (χ3v) is 2.95. The molecule has 1 N–H and O–H groups in total. The van der Waals surface area contributed by atoms with Crippen LogP contribution < -0.4 is 5.32 Å². The molecule has 0 aliphatic rings. The molecule has 1 rings (SSSR count). The van der Waals surface area contributed by atoms with Gasteiger partial charge >= 0.3 is 12.1 Å². The molecule has 0 aliphatic heterocycles. The molecule has 116 valence electrons. The number of ether oxygens (including phenoxy) is 2. The van der Waals surface area contributed by atoms with Gasteiger partial charge in [0.05, 0.1) is 7.11 Å². The second-order valence-electron chi connectivity index (χ2n) is 3.81. The SMILES string of the molecule is COC(=O)C(NC(=O)OCC(Cl)(Cl)Cl)c1ccccc1Cl. The van der Waals surface area contributed by atoms with Crippen LogP contribution in [0.25, 0.3) is 0 Å². The summed E-state index contributed by atoms with van der Waals surface area (Å²) in [6, 6.07) is 5.35. The Balaban J connectivity index is 2.83. The molecule has 0 bridgehead atoms. The van der Waals surface area contributed by atoms with Crippen LogP contribution in [0.4, 0.5) is 4.79 Å². The molecule has 1 atom stereocenters. The van der Waals surface area contributed by atoms with Gasteiger partial charge in [-0.25, -0.2) is 9.59 Å². The molecule has 0 radical (unpaired) electrons. The van der Waals surface area contributed by atoms with Crippen LogP contribution >= 0.6 is 46.4 Å². The number of nitrogens with one attached hydrogen (secondary N) is 1. The predicted octanol–water partition coefficient (Wildman–Crippen LogP) is 3.65. The third-order valence-electron chi connectivity index (χ3n) is 2.28. The molecule has 0 aliphatic carbocycles. The Morgan fingerprint density at radius 3 is 2.43 bits per heavy atom. The Morgan fingerprint density at radius 2 is 1.90 bits per heavy atom. The molecule has 0 saturated carbocycles. The second-order valence-corrected chi connectivity index (χ2v) is 6.74. The van der Waals surface area contributed by atoms with E-state index in [0.717, 1.165) is 0 Å². The number of alkyl carbamates (subject to hydrolysis) is 1. The van der Waals surface area contributed by atoms with Gasteiger partial charge in [0.1, 0.15) is 6.61 Å². The Hall–Kier alpha value is -0.880. The highest BCUT2D eigenvalue weighted by Crippen LogP contribution is 2.27. The molecule has 0 spiro atoms. The van der Waals surface area contributed by atoms with Gasteiger partial charge in [-0.05, 0) is 6.07 Å². The number of carbonyl (C=O) groups is 2. The smallest absolute Gasteiger partial charge is 0.408 e.